The number of hydrogen-bond donors (Lipinski definition) is 2. The van der Waals surface area contributed by atoms with Crippen LogP contribution in [0, 0.1) is 0 Å². The Morgan fingerprint density at radius 1 is 0.966 bits per heavy atom. The summed E-state index contributed by atoms with van der Waals surface area (Å²) in [7, 11) is 0. The van der Waals surface area contributed by atoms with Crippen LogP contribution >= 0.6 is 0 Å². The minimum Gasteiger partial charge on any atom is -0.459 e. The van der Waals surface area contributed by atoms with Crippen LogP contribution in [0.4, 0.5) is 0 Å². The molecule has 0 fully saturated rings. The Labute approximate surface area is 168 Å². The van der Waals surface area contributed by atoms with Crippen LogP contribution in [0.25, 0.3) is 11.0 Å². The van der Waals surface area contributed by atoms with Gasteiger partial charge in [0.1, 0.15) is 17.4 Å². The third kappa shape index (κ3) is 5.22. The van der Waals surface area contributed by atoms with Gasteiger partial charge in [0.05, 0.1) is 6.04 Å². The molecule has 2 aromatic carbocycles. The first-order valence-electron chi connectivity index (χ1n) is 9.24. The molecule has 2 atom stereocenters. The average Bonchev–Trinajstić information content (AvgIpc) is 3.17. The molecule has 0 saturated carbocycles. The second-order valence-corrected chi connectivity index (χ2v) is 6.64. The van der Waals surface area contributed by atoms with E-state index in [4.69, 9.17) is 9.15 Å². The zero-order chi connectivity index (χ0) is 20.8. The maximum atomic E-state index is 12.1. The lowest BCUT2D eigenvalue weighted by Gasteiger charge is -2.15. The standard InChI is InChI=1S/C22H22N2O5/c1-14(19-12-17-10-6-7-11-18(17)29-19)23-20(25)13-28-22(27)15(2)24-21(26)16-8-4-3-5-9-16/h3-12,14-15H,13H2,1-2H3,(H,23,25)(H,24,26)/t14-,15+/m1/s1. The zero-order valence-corrected chi connectivity index (χ0v) is 16.2. The smallest absolute Gasteiger partial charge is 0.328 e. The lowest BCUT2D eigenvalue weighted by atomic mass is 10.2. The Bertz CT molecular complexity index is 979. The fourth-order valence-corrected chi connectivity index (χ4v) is 2.76. The van der Waals surface area contributed by atoms with E-state index in [0.717, 1.165) is 11.0 Å². The molecule has 1 aromatic heterocycles. The van der Waals surface area contributed by atoms with E-state index in [9.17, 15) is 14.4 Å². The number of carbonyl (C=O) groups is 3. The van der Waals surface area contributed by atoms with Crippen molar-refractivity contribution in [2.24, 2.45) is 0 Å². The number of amides is 2. The van der Waals surface area contributed by atoms with Gasteiger partial charge in [-0.3, -0.25) is 9.59 Å². The predicted octanol–water partition coefficient (Wildman–Crippen LogP) is 2.97. The lowest BCUT2D eigenvalue weighted by Crippen LogP contribution is -2.41. The topological polar surface area (TPSA) is 97.6 Å². The van der Waals surface area contributed by atoms with Crippen LogP contribution in [-0.2, 0) is 14.3 Å². The highest BCUT2D eigenvalue weighted by atomic mass is 16.5. The number of benzene rings is 2. The minimum atomic E-state index is -0.886. The monoisotopic (exact) mass is 394 g/mol. The summed E-state index contributed by atoms with van der Waals surface area (Å²) in [5.74, 6) is -0.943. The maximum Gasteiger partial charge on any atom is 0.328 e. The molecule has 0 unspecified atom stereocenters. The number of fused-ring (bicyclic) bond motifs is 1. The molecule has 0 saturated heterocycles. The lowest BCUT2D eigenvalue weighted by molar-refractivity contribution is -0.150. The molecule has 2 amide bonds. The molecule has 0 aliphatic heterocycles. The second-order valence-electron chi connectivity index (χ2n) is 6.64. The molecule has 7 nitrogen and oxygen atoms in total. The fraction of sp³-hybridized carbons (Fsp3) is 0.227. The third-order valence-corrected chi connectivity index (χ3v) is 4.33. The molecule has 150 valence electrons. The fourth-order valence-electron chi connectivity index (χ4n) is 2.76. The quantitative estimate of drug-likeness (QED) is 0.601. The average molecular weight is 394 g/mol. The van der Waals surface area contributed by atoms with Gasteiger partial charge in [-0.2, -0.15) is 0 Å². The number of furan rings is 1. The van der Waals surface area contributed by atoms with Crippen molar-refractivity contribution >= 4 is 28.8 Å². The first-order valence-corrected chi connectivity index (χ1v) is 9.24. The SMILES string of the molecule is C[C@H](NC(=O)c1ccccc1)C(=O)OCC(=O)N[C@H](C)c1cc2ccccc2o1. The molecule has 3 aromatic rings. The van der Waals surface area contributed by atoms with E-state index in [0.29, 0.717) is 11.3 Å². The molecule has 29 heavy (non-hydrogen) atoms. The van der Waals surface area contributed by atoms with Crippen LogP contribution in [0.15, 0.2) is 65.1 Å². The number of carbonyl (C=O) groups excluding carboxylic acids is 3. The first kappa shape index (κ1) is 20.1. The number of nitrogens with one attached hydrogen (secondary N) is 2. The number of para-hydroxylation sites is 1. The predicted molar refractivity (Wildman–Crippen MR) is 107 cm³/mol. The van der Waals surface area contributed by atoms with Crippen molar-refractivity contribution in [2.45, 2.75) is 25.9 Å². The third-order valence-electron chi connectivity index (χ3n) is 4.33. The second kappa shape index (κ2) is 9.05. The first-order chi connectivity index (χ1) is 13.9. The van der Waals surface area contributed by atoms with Crippen molar-refractivity contribution in [3.8, 4) is 0 Å². The summed E-state index contributed by atoms with van der Waals surface area (Å²) < 4.78 is 10.7. The van der Waals surface area contributed by atoms with Crippen LogP contribution in [0.3, 0.4) is 0 Å². The molecule has 7 heteroatoms. The van der Waals surface area contributed by atoms with Crippen molar-refractivity contribution in [1.82, 2.24) is 10.6 Å². The summed E-state index contributed by atoms with van der Waals surface area (Å²) in [6.45, 7) is 2.83. The van der Waals surface area contributed by atoms with Gasteiger partial charge in [-0.1, -0.05) is 36.4 Å². The van der Waals surface area contributed by atoms with E-state index in [2.05, 4.69) is 10.6 Å². The van der Waals surface area contributed by atoms with Gasteiger partial charge in [-0.05, 0) is 38.1 Å². The molecule has 0 aliphatic rings. The molecule has 0 spiro atoms. The van der Waals surface area contributed by atoms with Gasteiger partial charge in [0.15, 0.2) is 6.61 Å². The number of hydrogen-bond acceptors (Lipinski definition) is 5. The van der Waals surface area contributed by atoms with Crippen molar-refractivity contribution in [1.29, 1.82) is 0 Å². The molecular weight excluding hydrogens is 372 g/mol. The van der Waals surface area contributed by atoms with E-state index in [1.807, 2.05) is 30.3 Å². The molecule has 0 radical (unpaired) electrons. The Kier molecular flexibility index (Phi) is 6.29. The summed E-state index contributed by atoms with van der Waals surface area (Å²) in [5.41, 5.74) is 1.17. The van der Waals surface area contributed by atoms with Crippen LogP contribution in [0.1, 0.15) is 36.0 Å². The van der Waals surface area contributed by atoms with Crippen molar-refractivity contribution < 1.29 is 23.5 Å². The molecule has 0 aliphatic carbocycles. The van der Waals surface area contributed by atoms with Crippen LogP contribution < -0.4 is 10.6 Å². The number of ether oxygens (including phenoxy) is 1. The molecule has 0 bridgehead atoms. The van der Waals surface area contributed by atoms with Crippen LogP contribution in [0.5, 0.6) is 0 Å². The van der Waals surface area contributed by atoms with Gasteiger partial charge in [0.25, 0.3) is 11.8 Å². The Hall–Kier alpha value is -3.61. The molecule has 1 heterocycles. The highest BCUT2D eigenvalue weighted by Crippen LogP contribution is 2.23. The highest BCUT2D eigenvalue weighted by Gasteiger charge is 2.20. The van der Waals surface area contributed by atoms with Gasteiger partial charge in [0.2, 0.25) is 0 Å². The Morgan fingerprint density at radius 2 is 1.66 bits per heavy atom. The zero-order valence-electron chi connectivity index (χ0n) is 16.2. The Morgan fingerprint density at radius 3 is 2.38 bits per heavy atom. The molecule has 3 rings (SSSR count). The van der Waals surface area contributed by atoms with Gasteiger partial charge in [0, 0.05) is 10.9 Å². The van der Waals surface area contributed by atoms with E-state index >= 15 is 0 Å². The van der Waals surface area contributed by atoms with Crippen LogP contribution in [-0.4, -0.2) is 30.4 Å². The summed E-state index contributed by atoms with van der Waals surface area (Å²) in [6, 6.07) is 16.7. The van der Waals surface area contributed by atoms with E-state index in [-0.39, 0.29) is 6.04 Å². The van der Waals surface area contributed by atoms with Crippen molar-refractivity contribution in [2.75, 3.05) is 6.61 Å². The maximum absolute atomic E-state index is 12.1. The van der Waals surface area contributed by atoms with Crippen LogP contribution in [0.2, 0.25) is 0 Å². The van der Waals surface area contributed by atoms with Gasteiger partial charge < -0.3 is 19.8 Å². The molecular formula is C22H22N2O5. The Balaban J connectivity index is 1.46. The highest BCUT2D eigenvalue weighted by molar-refractivity contribution is 5.96. The van der Waals surface area contributed by atoms with Gasteiger partial charge >= 0.3 is 5.97 Å². The van der Waals surface area contributed by atoms with Crippen molar-refractivity contribution in [3.05, 3.63) is 72.0 Å². The number of esters is 1. The summed E-state index contributed by atoms with van der Waals surface area (Å²) >= 11 is 0. The van der Waals surface area contributed by atoms with E-state index in [1.54, 1.807) is 37.3 Å². The normalized spacial score (nSPS) is 12.8. The minimum absolute atomic E-state index is 0.385. The summed E-state index contributed by atoms with van der Waals surface area (Å²) in [4.78, 5) is 36.2. The van der Waals surface area contributed by atoms with Gasteiger partial charge in [-0.15, -0.1) is 0 Å². The largest absolute Gasteiger partial charge is 0.459 e. The van der Waals surface area contributed by atoms with Gasteiger partial charge in [-0.25, -0.2) is 4.79 Å². The number of rotatable bonds is 7. The molecule has 2 N–H and O–H groups in total. The van der Waals surface area contributed by atoms with Crippen molar-refractivity contribution in [3.63, 3.8) is 0 Å². The van der Waals surface area contributed by atoms with E-state index in [1.165, 1.54) is 6.92 Å². The summed E-state index contributed by atoms with van der Waals surface area (Å²) in [5, 5.41) is 6.20. The van der Waals surface area contributed by atoms with E-state index < -0.39 is 30.4 Å². The summed E-state index contributed by atoms with van der Waals surface area (Å²) in [6.07, 6.45) is 0.